The van der Waals surface area contributed by atoms with Crippen molar-refractivity contribution < 1.29 is 9.13 Å². The lowest BCUT2D eigenvalue weighted by molar-refractivity contribution is 0.127. The van der Waals surface area contributed by atoms with Crippen LogP contribution in [0, 0.1) is 17.1 Å². The molecule has 1 saturated heterocycles. The Morgan fingerprint density at radius 1 is 1.58 bits per heavy atom. The van der Waals surface area contributed by atoms with Crippen LogP contribution >= 0.6 is 0 Å². The Kier molecular flexibility index (Phi) is 4.35. The van der Waals surface area contributed by atoms with Crippen molar-refractivity contribution in [3.05, 3.63) is 29.6 Å². The molecule has 102 valence electrons. The topological polar surface area (TPSA) is 57.1 Å². The molecular weight excluding hydrogens is 245 g/mol. The Bertz CT molecular complexity index is 478. The van der Waals surface area contributed by atoms with E-state index in [9.17, 15) is 4.39 Å². The van der Waals surface area contributed by atoms with Gasteiger partial charge in [-0.2, -0.15) is 5.26 Å². The summed E-state index contributed by atoms with van der Waals surface area (Å²) in [6.45, 7) is 2.16. The molecule has 4 nitrogen and oxygen atoms in total. The SMILES string of the molecule is COCC1(CNc2ccc(C#N)cc2F)CCCN1. The fourth-order valence-corrected chi connectivity index (χ4v) is 2.46. The molecule has 0 aromatic heterocycles. The van der Waals surface area contributed by atoms with Crippen LogP contribution in [-0.4, -0.2) is 32.3 Å². The number of hydrogen-bond donors (Lipinski definition) is 2. The van der Waals surface area contributed by atoms with E-state index in [1.807, 2.05) is 6.07 Å². The number of rotatable bonds is 5. The zero-order chi connectivity index (χ0) is 13.7. The molecule has 1 heterocycles. The highest BCUT2D eigenvalue weighted by atomic mass is 19.1. The van der Waals surface area contributed by atoms with Crippen LogP contribution < -0.4 is 10.6 Å². The van der Waals surface area contributed by atoms with Crippen LogP contribution in [0.5, 0.6) is 0 Å². The molecule has 1 aromatic rings. The predicted octanol–water partition coefficient (Wildman–Crippen LogP) is 1.88. The van der Waals surface area contributed by atoms with Gasteiger partial charge >= 0.3 is 0 Å². The maximum Gasteiger partial charge on any atom is 0.147 e. The molecule has 0 spiro atoms. The van der Waals surface area contributed by atoms with Crippen LogP contribution in [0.1, 0.15) is 18.4 Å². The van der Waals surface area contributed by atoms with Crippen LogP contribution in [0.15, 0.2) is 18.2 Å². The lowest BCUT2D eigenvalue weighted by Gasteiger charge is -2.29. The third-order valence-electron chi connectivity index (χ3n) is 3.47. The van der Waals surface area contributed by atoms with Crippen molar-refractivity contribution in [2.24, 2.45) is 0 Å². The molecule has 2 N–H and O–H groups in total. The van der Waals surface area contributed by atoms with Gasteiger partial charge in [0.1, 0.15) is 5.82 Å². The Balaban J connectivity index is 2.03. The fraction of sp³-hybridized carbons (Fsp3) is 0.500. The zero-order valence-corrected chi connectivity index (χ0v) is 11.0. The standard InChI is InChI=1S/C14H18FN3O/c1-19-10-14(5-2-6-18-14)9-17-13-4-3-11(8-16)7-12(13)15/h3-4,7,17-18H,2,5-6,9-10H2,1H3. The second-order valence-corrected chi connectivity index (χ2v) is 4.90. The number of hydrogen-bond acceptors (Lipinski definition) is 4. The highest BCUT2D eigenvalue weighted by Gasteiger charge is 2.33. The molecule has 1 fully saturated rings. The van der Waals surface area contributed by atoms with Crippen LogP contribution in [-0.2, 0) is 4.74 Å². The van der Waals surface area contributed by atoms with E-state index >= 15 is 0 Å². The lowest BCUT2D eigenvalue weighted by atomic mass is 9.98. The minimum absolute atomic E-state index is 0.130. The minimum Gasteiger partial charge on any atom is -0.383 e. The molecular formula is C14H18FN3O. The van der Waals surface area contributed by atoms with Crippen molar-refractivity contribution >= 4 is 5.69 Å². The highest BCUT2D eigenvalue weighted by molar-refractivity contribution is 5.49. The highest BCUT2D eigenvalue weighted by Crippen LogP contribution is 2.22. The van der Waals surface area contributed by atoms with Gasteiger partial charge < -0.3 is 15.4 Å². The molecule has 0 amide bonds. The van der Waals surface area contributed by atoms with E-state index in [4.69, 9.17) is 10.00 Å². The second-order valence-electron chi connectivity index (χ2n) is 4.90. The lowest BCUT2D eigenvalue weighted by Crippen LogP contribution is -2.49. The van der Waals surface area contributed by atoms with Gasteiger partial charge in [-0.3, -0.25) is 0 Å². The van der Waals surface area contributed by atoms with E-state index in [0.29, 0.717) is 24.4 Å². The van der Waals surface area contributed by atoms with Gasteiger partial charge in [-0.05, 0) is 37.6 Å². The second kappa shape index (κ2) is 6.00. The Hall–Kier alpha value is -1.64. The van der Waals surface area contributed by atoms with Gasteiger partial charge in [-0.15, -0.1) is 0 Å². The Morgan fingerprint density at radius 2 is 2.42 bits per heavy atom. The summed E-state index contributed by atoms with van der Waals surface area (Å²) >= 11 is 0. The van der Waals surface area contributed by atoms with Gasteiger partial charge in [-0.25, -0.2) is 4.39 Å². The zero-order valence-electron chi connectivity index (χ0n) is 11.0. The van der Waals surface area contributed by atoms with Crippen LogP contribution in [0.2, 0.25) is 0 Å². The average Bonchev–Trinajstić information content (AvgIpc) is 2.87. The quantitative estimate of drug-likeness (QED) is 0.851. The molecule has 1 atom stereocenters. The molecule has 1 aliphatic rings. The fourth-order valence-electron chi connectivity index (χ4n) is 2.46. The van der Waals surface area contributed by atoms with E-state index in [0.717, 1.165) is 19.4 Å². The molecule has 0 bridgehead atoms. The Labute approximate surface area is 112 Å². The van der Waals surface area contributed by atoms with E-state index in [1.54, 1.807) is 19.2 Å². The van der Waals surface area contributed by atoms with Crippen molar-refractivity contribution in [3.63, 3.8) is 0 Å². The summed E-state index contributed by atoms with van der Waals surface area (Å²) in [4.78, 5) is 0. The molecule has 1 aromatic carbocycles. The first-order chi connectivity index (χ1) is 9.19. The maximum absolute atomic E-state index is 13.8. The molecule has 5 heteroatoms. The average molecular weight is 263 g/mol. The number of benzene rings is 1. The van der Waals surface area contributed by atoms with Crippen molar-refractivity contribution in [3.8, 4) is 6.07 Å². The number of anilines is 1. The minimum atomic E-state index is -0.399. The Morgan fingerprint density at radius 3 is 3.00 bits per heavy atom. The summed E-state index contributed by atoms with van der Waals surface area (Å²) in [6, 6.07) is 6.37. The van der Waals surface area contributed by atoms with Gasteiger partial charge in [0.25, 0.3) is 0 Å². The summed E-state index contributed by atoms with van der Waals surface area (Å²) in [5.41, 5.74) is 0.617. The molecule has 2 rings (SSSR count). The number of nitrogens with zero attached hydrogens (tertiary/aromatic N) is 1. The summed E-state index contributed by atoms with van der Waals surface area (Å²) in [5.74, 6) is -0.399. The number of methoxy groups -OCH3 is 1. The van der Waals surface area contributed by atoms with Crippen molar-refractivity contribution in [1.29, 1.82) is 5.26 Å². The third-order valence-corrected chi connectivity index (χ3v) is 3.47. The van der Waals surface area contributed by atoms with Crippen LogP contribution in [0.3, 0.4) is 0 Å². The summed E-state index contributed by atoms with van der Waals surface area (Å²) in [6.07, 6.45) is 2.10. The molecule has 0 saturated carbocycles. The smallest absolute Gasteiger partial charge is 0.147 e. The van der Waals surface area contributed by atoms with Gasteiger partial charge in [0.15, 0.2) is 0 Å². The number of nitrogens with one attached hydrogen (secondary N) is 2. The van der Waals surface area contributed by atoms with Crippen molar-refractivity contribution in [2.75, 3.05) is 32.1 Å². The van der Waals surface area contributed by atoms with E-state index in [2.05, 4.69) is 10.6 Å². The maximum atomic E-state index is 13.8. The van der Waals surface area contributed by atoms with Gasteiger partial charge in [0.05, 0.1) is 29.5 Å². The normalized spacial score (nSPS) is 22.2. The van der Waals surface area contributed by atoms with Crippen molar-refractivity contribution in [2.45, 2.75) is 18.4 Å². The summed E-state index contributed by atoms with van der Waals surface area (Å²) in [7, 11) is 1.67. The predicted molar refractivity (Wildman–Crippen MR) is 71.4 cm³/mol. The number of ether oxygens (including phenoxy) is 1. The third kappa shape index (κ3) is 3.22. The van der Waals surface area contributed by atoms with E-state index in [-0.39, 0.29) is 5.54 Å². The first kappa shape index (κ1) is 13.8. The first-order valence-corrected chi connectivity index (χ1v) is 6.37. The van der Waals surface area contributed by atoms with Crippen LogP contribution in [0.4, 0.5) is 10.1 Å². The van der Waals surface area contributed by atoms with Gasteiger partial charge in [-0.1, -0.05) is 0 Å². The molecule has 1 aliphatic heterocycles. The van der Waals surface area contributed by atoms with Crippen molar-refractivity contribution in [1.82, 2.24) is 5.32 Å². The van der Waals surface area contributed by atoms with Gasteiger partial charge in [0, 0.05) is 13.7 Å². The number of nitriles is 1. The van der Waals surface area contributed by atoms with E-state index in [1.165, 1.54) is 6.07 Å². The largest absolute Gasteiger partial charge is 0.383 e. The molecule has 0 aliphatic carbocycles. The van der Waals surface area contributed by atoms with Crippen LogP contribution in [0.25, 0.3) is 0 Å². The molecule has 19 heavy (non-hydrogen) atoms. The molecule has 0 radical (unpaired) electrons. The molecule has 1 unspecified atom stereocenters. The monoisotopic (exact) mass is 263 g/mol. The first-order valence-electron chi connectivity index (χ1n) is 6.37. The van der Waals surface area contributed by atoms with Gasteiger partial charge in [0.2, 0.25) is 0 Å². The summed E-state index contributed by atoms with van der Waals surface area (Å²) in [5, 5.41) is 15.2. The van der Waals surface area contributed by atoms with E-state index < -0.39 is 5.82 Å². The number of halogens is 1. The summed E-state index contributed by atoms with van der Waals surface area (Å²) < 4.78 is 19.0.